The lowest BCUT2D eigenvalue weighted by molar-refractivity contribution is -0.618. The fraction of sp³-hybridized carbons (Fsp3) is 0.500. The van der Waals surface area contributed by atoms with E-state index >= 15 is 0 Å². The molecule has 0 aliphatic heterocycles. The van der Waals surface area contributed by atoms with Crippen LogP contribution in [0.1, 0.15) is 32.0 Å². The first kappa shape index (κ1) is 11.8. The molecule has 0 saturated carbocycles. The highest BCUT2D eigenvalue weighted by Gasteiger charge is 2.34. The second-order valence-electron chi connectivity index (χ2n) is 4.37. The van der Waals surface area contributed by atoms with Crippen molar-refractivity contribution in [2.75, 3.05) is 0 Å². The molecule has 0 saturated heterocycles. The van der Waals surface area contributed by atoms with E-state index in [1.54, 1.807) is 20.8 Å². The van der Waals surface area contributed by atoms with Crippen LogP contribution < -0.4 is 4.73 Å². The molecule has 0 N–H and O–H groups in total. The lowest BCUT2D eigenvalue weighted by Crippen LogP contribution is -2.38. The van der Waals surface area contributed by atoms with Gasteiger partial charge in [0, 0.05) is 17.5 Å². The number of hydrogen-bond acceptors (Lipinski definition) is 1. The average Bonchev–Trinajstić information content (AvgIpc) is 2.00. The maximum Gasteiger partial charge on any atom is 0.416 e. The highest BCUT2D eigenvalue weighted by atomic mass is 19.4. The van der Waals surface area contributed by atoms with Crippen molar-refractivity contribution in [1.29, 1.82) is 0 Å². The Morgan fingerprint density at radius 3 is 2.13 bits per heavy atom. The SMILES string of the molecule is CC(C)(C)c1cc(C(F)(F)F)cc[n+]1[O-]. The summed E-state index contributed by atoms with van der Waals surface area (Å²) in [5.74, 6) is 0. The molecule has 1 aromatic rings. The number of nitrogens with zero attached hydrogens (tertiary/aromatic N) is 1. The molecule has 1 rings (SSSR count). The fourth-order valence-electron chi connectivity index (χ4n) is 1.21. The predicted octanol–water partition coefficient (Wildman–Crippen LogP) is 2.64. The summed E-state index contributed by atoms with van der Waals surface area (Å²) in [5.41, 5.74) is -1.29. The quantitative estimate of drug-likeness (QED) is 0.486. The molecule has 0 aromatic carbocycles. The molecule has 0 amide bonds. The Hall–Kier alpha value is -1.26. The van der Waals surface area contributed by atoms with Crippen LogP contribution in [0.2, 0.25) is 0 Å². The van der Waals surface area contributed by atoms with Gasteiger partial charge in [-0.1, -0.05) is 20.8 Å². The number of rotatable bonds is 0. The smallest absolute Gasteiger partial charge is 0.416 e. The van der Waals surface area contributed by atoms with E-state index in [1.165, 1.54) is 0 Å². The van der Waals surface area contributed by atoms with E-state index in [9.17, 15) is 18.4 Å². The third-order valence-electron chi connectivity index (χ3n) is 2.01. The highest BCUT2D eigenvalue weighted by molar-refractivity contribution is 5.20. The van der Waals surface area contributed by atoms with E-state index in [0.29, 0.717) is 4.73 Å². The van der Waals surface area contributed by atoms with Gasteiger partial charge in [-0.3, -0.25) is 0 Å². The maximum absolute atomic E-state index is 12.4. The van der Waals surface area contributed by atoms with Gasteiger partial charge in [-0.2, -0.15) is 17.9 Å². The molecule has 2 nitrogen and oxygen atoms in total. The van der Waals surface area contributed by atoms with Crippen LogP contribution >= 0.6 is 0 Å². The molecule has 0 aliphatic rings. The topological polar surface area (TPSA) is 26.9 Å². The third-order valence-corrected chi connectivity index (χ3v) is 2.01. The van der Waals surface area contributed by atoms with Gasteiger partial charge in [0.2, 0.25) is 0 Å². The van der Waals surface area contributed by atoms with Gasteiger partial charge >= 0.3 is 6.18 Å². The van der Waals surface area contributed by atoms with E-state index in [1.807, 2.05) is 0 Å². The predicted molar refractivity (Wildman–Crippen MR) is 49.1 cm³/mol. The Bertz CT molecular complexity index is 366. The molecule has 1 heterocycles. The first-order chi connectivity index (χ1) is 6.62. The molecule has 0 bridgehead atoms. The summed E-state index contributed by atoms with van der Waals surface area (Å²) in [4.78, 5) is 0. The van der Waals surface area contributed by atoms with Crippen LogP contribution in [-0.4, -0.2) is 0 Å². The van der Waals surface area contributed by atoms with Crippen LogP contribution in [0.5, 0.6) is 0 Å². The summed E-state index contributed by atoms with van der Waals surface area (Å²) in [7, 11) is 0. The third kappa shape index (κ3) is 2.61. The largest absolute Gasteiger partial charge is 0.618 e. The van der Waals surface area contributed by atoms with E-state index < -0.39 is 17.2 Å². The molecule has 1 aromatic heterocycles. The lowest BCUT2D eigenvalue weighted by Gasteiger charge is -2.18. The van der Waals surface area contributed by atoms with Crippen LogP contribution in [-0.2, 0) is 11.6 Å². The molecular weight excluding hydrogens is 207 g/mol. The molecule has 84 valence electrons. The molecule has 0 fully saturated rings. The molecule has 0 radical (unpaired) electrons. The molecule has 5 heteroatoms. The zero-order valence-electron chi connectivity index (χ0n) is 8.72. The van der Waals surface area contributed by atoms with Crippen LogP contribution in [0, 0.1) is 5.21 Å². The number of aromatic nitrogens is 1. The molecule has 0 unspecified atom stereocenters. The van der Waals surface area contributed by atoms with Gasteiger partial charge in [0.25, 0.3) is 0 Å². The molecular formula is C10H12F3NO. The summed E-state index contributed by atoms with van der Waals surface area (Å²) in [5, 5.41) is 11.3. The second-order valence-corrected chi connectivity index (χ2v) is 4.37. The van der Waals surface area contributed by atoms with E-state index in [4.69, 9.17) is 0 Å². The second kappa shape index (κ2) is 3.40. The molecule has 0 spiro atoms. The minimum atomic E-state index is -4.41. The number of pyridine rings is 1. The number of hydrogen-bond donors (Lipinski definition) is 0. The zero-order chi connectivity index (χ0) is 11.9. The van der Waals surface area contributed by atoms with Gasteiger partial charge in [0.15, 0.2) is 11.9 Å². The van der Waals surface area contributed by atoms with Crippen molar-refractivity contribution in [3.63, 3.8) is 0 Å². The van der Waals surface area contributed by atoms with Gasteiger partial charge < -0.3 is 5.21 Å². The average molecular weight is 219 g/mol. The normalized spacial score (nSPS) is 12.9. The fourth-order valence-corrected chi connectivity index (χ4v) is 1.21. The maximum atomic E-state index is 12.4. The Labute approximate surface area is 85.9 Å². The van der Waals surface area contributed by atoms with Gasteiger partial charge in [0.1, 0.15) is 0 Å². The summed E-state index contributed by atoms with van der Waals surface area (Å²) < 4.78 is 37.6. The van der Waals surface area contributed by atoms with Crippen molar-refractivity contribution in [3.05, 3.63) is 34.8 Å². The van der Waals surface area contributed by atoms with Gasteiger partial charge in [0.05, 0.1) is 5.56 Å². The van der Waals surface area contributed by atoms with Gasteiger partial charge in [-0.05, 0) is 0 Å². The van der Waals surface area contributed by atoms with Crippen molar-refractivity contribution in [3.8, 4) is 0 Å². The number of alkyl halides is 3. The van der Waals surface area contributed by atoms with Crippen molar-refractivity contribution in [2.45, 2.75) is 32.4 Å². The minimum Gasteiger partial charge on any atom is -0.618 e. The van der Waals surface area contributed by atoms with Crippen LogP contribution in [0.3, 0.4) is 0 Å². The van der Waals surface area contributed by atoms with Crippen molar-refractivity contribution >= 4 is 0 Å². The monoisotopic (exact) mass is 219 g/mol. The first-order valence-corrected chi connectivity index (χ1v) is 4.43. The Morgan fingerprint density at radius 2 is 1.73 bits per heavy atom. The van der Waals surface area contributed by atoms with E-state index in [2.05, 4.69) is 0 Å². The van der Waals surface area contributed by atoms with E-state index in [0.717, 1.165) is 18.3 Å². The Kier molecular flexibility index (Phi) is 2.67. The zero-order valence-corrected chi connectivity index (χ0v) is 8.72. The van der Waals surface area contributed by atoms with Crippen molar-refractivity contribution < 1.29 is 17.9 Å². The van der Waals surface area contributed by atoms with Crippen LogP contribution in [0.25, 0.3) is 0 Å². The molecule has 15 heavy (non-hydrogen) atoms. The van der Waals surface area contributed by atoms with Crippen molar-refractivity contribution in [1.82, 2.24) is 0 Å². The lowest BCUT2D eigenvalue weighted by atomic mass is 9.90. The molecule has 0 aliphatic carbocycles. The highest BCUT2D eigenvalue weighted by Crippen LogP contribution is 2.30. The van der Waals surface area contributed by atoms with E-state index in [-0.39, 0.29) is 5.69 Å². The van der Waals surface area contributed by atoms with Crippen LogP contribution in [0.4, 0.5) is 13.2 Å². The summed E-state index contributed by atoms with van der Waals surface area (Å²) in [6.45, 7) is 5.07. The minimum absolute atomic E-state index is 0.109. The Balaban J connectivity index is 3.30. The van der Waals surface area contributed by atoms with Crippen LogP contribution in [0.15, 0.2) is 18.3 Å². The Morgan fingerprint density at radius 1 is 1.20 bits per heavy atom. The van der Waals surface area contributed by atoms with Gasteiger partial charge in [-0.25, -0.2) is 0 Å². The molecule has 0 atom stereocenters. The van der Waals surface area contributed by atoms with Gasteiger partial charge in [-0.15, -0.1) is 0 Å². The first-order valence-electron chi connectivity index (χ1n) is 4.43. The summed E-state index contributed by atoms with van der Waals surface area (Å²) in [6, 6.07) is 1.68. The van der Waals surface area contributed by atoms with Crippen molar-refractivity contribution in [2.24, 2.45) is 0 Å². The number of halogens is 3. The summed E-state index contributed by atoms with van der Waals surface area (Å²) >= 11 is 0. The standard InChI is InChI=1S/C10H12F3NO/c1-9(2,3)8-6-7(10(11,12)13)4-5-14(8)15/h4-6H,1-3H3. The summed E-state index contributed by atoms with van der Waals surface area (Å²) in [6.07, 6.45) is -3.52.